The van der Waals surface area contributed by atoms with Gasteiger partial charge in [0.05, 0.1) is 14.2 Å². The standard InChI is InChI=1S/C25H25N3O4/c1-31-16-9-7-15(8-10-16)13-21-24(25(30)28-27-21)20(14-23(26)29)18-11-12-22(32-2)19-6-4-3-5-17(18)19/h3-12,20H,13-14H2,1-2H3,(H2,26,29)(H2,27,28,30). The van der Waals surface area contributed by atoms with Gasteiger partial charge in [0.2, 0.25) is 5.91 Å². The Morgan fingerprint density at radius 3 is 2.31 bits per heavy atom. The average molecular weight is 431 g/mol. The molecule has 32 heavy (non-hydrogen) atoms. The Balaban J connectivity index is 1.84. The van der Waals surface area contributed by atoms with E-state index in [4.69, 9.17) is 15.2 Å². The van der Waals surface area contributed by atoms with Gasteiger partial charge in [-0.2, -0.15) is 0 Å². The third-order valence-electron chi connectivity index (χ3n) is 5.70. The van der Waals surface area contributed by atoms with Crippen LogP contribution in [0, 0.1) is 0 Å². The quantitative estimate of drug-likeness (QED) is 0.397. The Morgan fingerprint density at radius 1 is 0.938 bits per heavy atom. The monoisotopic (exact) mass is 431 g/mol. The molecule has 0 saturated carbocycles. The molecule has 164 valence electrons. The first-order chi connectivity index (χ1) is 15.5. The van der Waals surface area contributed by atoms with Crippen molar-refractivity contribution in [1.29, 1.82) is 0 Å². The second kappa shape index (κ2) is 9.01. The van der Waals surface area contributed by atoms with Crippen LogP contribution in [-0.2, 0) is 11.2 Å². The average Bonchev–Trinajstić information content (AvgIpc) is 3.16. The van der Waals surface area contributed by atoms with E-state index in [2.05, 4.69) is 10.2 Å². The third kappa shape index (κ3) is 4.09. The molecule has 4 N–H and O–H groups in total. The van der Waals surface area contributed by atoms with Crippen LogP contribution in [0.1, 0.15) is 34.7 Å². The number of rotatable bonds is 8. The highest BCUT2D eigenvalue weighted by molar-refractivity contribution is 5.92. The lowest BCUT2D eigenvalue weighted by atomic mass is 9.84. The number of ether oxygens (including phenoxy) is 2. The van der Waals surface area contributed by atoms with Gasteiger partial charge in [0.1, 0.15) is 11.5 Å². The molecule has 0 fully saturated rings. The molecular weight excluding hydrogens is 406 g/mol. The van der Waals surface area contributed by atoms with Crippen molar-refractivity contribution in [3.8, 4) is 11.5 Å². The summed E-state index contributed by atoms with van der Waals surface area (Å²) in [5.74, 6) is 0.494. The number of methoxy groups -OCH3 is 2. The number of nitrogens with two attached hydrogens (primary N) is 1. The highest BCUT2D eigenvalue weighted by atomic mass is 16.5. The number of hydrogen-bond donors (Lipinski definition) is 3. The van der Waals surface area contributed by atoms with Crippen molar-refractivity contribution in [3.63, 3.8) is 0 Å². The summed E-state index contributed by atoms with van der Waals surface area (Å²) in [4.78, 5) is 25.0. The minimum absolute atomic E-state index is 0.00681. The maximum Gasteiger partial charge on any atom is 0.267 e. The van der Waals surface area contributed by atoms with Gasteiger partial charge >= 0.3 is 0 Å². The number of amides is 1. The lowest BCUT2D eigenvalue weighted by Crippen LogP contribution is -2.21. The van der Waals surface area contributed by atoms with E-state index in [1.54, 1.807) is 14.2 Å². The van der Waals surface area contributed by atoms with Gasteiger partial charge in [-0.15, -0.1) is 0 Å². The van der Waals surface area contributed by atoms with E-state index in [1.807, 2.05) is 60.7 Å². The van der Waals surface area contributed by atoms with Crippen molar-refractivity contribution in [3.05, 3.63) is 93.4 Å². The third-order valence-corrected chi connectivity index (χ3v) is 5.70. The SMILES string of the molecule is COc1ccc(Cc2[nH][nH]c(=O)c2C(CC(N)=O)c2ccc(OC)c3ccccc23)cc1. The molecule has 0 radical (unpaired) electrons. The molecule has 0 bridgehead atoms. The zero-order valence-corrected chi connectivity index (χ0v) is 18.0. The van der Waals surface area contributed by atoms with Crippen molar-refractivity contribution >= 4 is 16.7 Å². The largest absolute Gasteiger partial charge is 0.497 e. The van der Waals surface area contributed by atoms with Crippen LogP contribution in [0.5, 0.6) is 11.5 Å². The van der Waals surface area contributed by atoms with E-state index >= 15 is 0 Å². The van der Waals surface area contributed by atoms with Crippen LogP contribution in [0.2, 0.25) is 0 Å². The summed E-state index contributed by atoms with van der Waals surface area (Å²) in [6.45, 7) is 0. The van der Waals surface area contributed by atoms with Gasteiger partial charge in [0, 0.05) is 35.4 Å². The number of fused-ring (bicyclic) bond motifs is 1. The van der Waals surface area contributed by atoms with Crippen LogP contribution in [0.4, 0.5) is 0 Å². The van der Waals surface area contributed by atoms with Crippen LogP contribution in [-0.4, -0.2) is 30.3 Å². The second-order valence-corrected chi connectivity index (χ2v) is 7.62. The number of primary amides is 1. The predicted molar refractivity (Wildman–Crippen MR) is 123 cm³/mol. The van der Waals surface area contributed by atoms with Crippen LogP contribution in [0.15, 0.2) is 65.5 Å². The first-order valence-electron chi connectivity index (χ1n) is 10.3. The molecular formula is C25H25N3O4. The molecule has 7 heteroatoms. The number of benzene rings is 3. The molecule has 3 aromatic carbocycles. The molecule has 1 heterocycles. The fourth-order valence-electron chi connectivity index (χ4n) is 4.20. The molecule has 4 aromatic rings. The molecule has 7 nitrogen and oxygen atoms in total. The zero-order valence-electron chi connectivity index (χ0n) is 18.0. The van der Waals surface area contributed by atoms with E-state index in [1.165, 1.54) is 0 Å². The normalized spacial score (nSPS) is 11.9. The number of hydrogen-bond acceptors (Lipinski definition) is 4. The summed E-state index contributed by atoms with van der Waals surface area (Å²) < 4.78 is 10.7. The van der Waals surface area contributed by atoms with Crippen molar-refractivity contribution in [2.75, 3.05) is 14.2 Å². The van der Waals surface area contributed by atoms with Gasteiger partial charge < -0.3 is 20.3 Å². The minimum atomic E-state index is -0.508. The van der Waals surface area contributed by atoms with Crippen molar-refractivity contribution < 1.29 is 14.3 Å². The predicted octanol–water partition coefficient (Wildman–Crippen LogP) is 3.47. The molecule has 0 aliphatic carbocycles. The number of carbonyl (C=O) groups is 1. The maximum atomic E-state index is 12.9. The van der Waals surface area contributed by atoms with E-state index < -0.39 is 11.8 Å². The lowest BCUT2D eigenvalue weighted by Gasteiger charge is -2.19. The first kappa shape index (κ1) is 21.2. The first-order valence-corrected chi connectivity index (χ1v) is 10.3. The summed E-state index contributed by atoms with van der Waals surface area (Å²) >= 11 is 0. The Labute approximate surface area is 185 Å². The topological polar surface area (TPSA) is 110 Å². The zero-order chi connectivity index (χ0) is 22.7. The number of aromatic amines is 2. The van der Waals surface area contributed by atoms with Crippen LogP contribution < -0.4 is 20.8 Å². The van der Waals surface area contributed by atoms with E-state index in [0.717, 1.165) is 33.4 Å². The summed E-state index contributed by atoms with van der Waals surface area (Å²) in [7, 11) is 3.23. The van der Waals surface area contributed by atoms with Crippen molar-refractivity contribution in [1.82, 2.24) is 10.2 Å². The number of carbonyl (C=O) groups excluding carboxylic acids is 1. The molecule has 0 aliphatic rings. The Bertz CT molecular complexity index is 1310. The Kier molecular flexibility index (Phi) is 5.98. The van der Waals surface area contributed by atoms with Gasteiger partial charge in [0.15, 0.2) is 0 Å². The van der Waals surface area contributed by atoms with E-state index in [0.29, 0.717) is 17.7 Å². The van der Waals surface area contributed by atoms with Gasteiger partial charge in [-0.1, -0.05) is 42.5 Å². The van der Waals surface area contributed by atoms with Gasteiger partial charge in [0.25, 0.3) is 5.56 Å². The Morgan fingerprint density at radius 2 is 1.66 bits per heavy atom. The van der Waals surface area contributed by atoms with Crippen LogP contribution in [0.3, 0.4) is 0 Å². The highest BCUT2D eigenvalue weighted by Gasteiger charge is 2.26. The van der Waals surface area contributed by atoms with Crippen molar-refractivity contribution in [2.45, 2.75) is 18.8 Å². The maximum absolute atomic E-state index is 12.9. The van der Waals surface area contributed by atoms with E-state index in [9.17, 15) is 9.59 Å². The minimum Gasteiger partial charge on any atom is -0.497 e. The molecule has 0 spiro atoms. The smallest absolute Gasteiger partial charge is 0.267 e. The Hall–Kier alpha value is -4.00. The van der Waals surface area contributed by atoms with Crippen molar-refractivity contribution in [2.24, 2.45) is 5.73 Å². The van der Waals surface area contributed by atoms with Gasteiger partial charge in [-0.05, 0) is 34.7 Å². The van der Waals surface area contributed by atoms with E-state index in [-0.39, 0.29) is 12.0 Å². The molecule has 1 unspecified atom stereocenters. The molecule has 4 rings (SSSR count). The summed E-state index contributed by atoms with van der Waals surface area (Å²) in [6, 6.07) is 19.2. The summed E-state index contributed by atoms with van der Waals surface area (Å²) in [5, 5.41) is 7.51. The molecule has 1 amide bonds. The summed E-state index contributed by atoms with van der Waals surface area (Å²) in [5.41, 5.74) is 8.43. The molecule has 0 aliphatic heterocycles. The number of nitrogens with one attached hydrogen (secondary N) is 2. The second-order valence-electron chi connectivity index (χ2n) is 7.62. The number of H-pyrrole nitrogens is 2. The number of aromatic nitrogens is 2. The van der Waals surface area contributed by atoms with Gasteiger partial charge in [-0.3, -0.25) is 14.7 Å². The van der Waals surface area contributed by atoms with Gasteiger partial charge in [-0.25, -0.2) is 0 Å². The fourth-order valence-corrected chi connectivity index (χ4v) is 4.20. The summed E-state index contributed by atoms with van der Waals surface area (Å²) in [6.07, 6.45) is 0.494. The lowest BCUT2D eigenvalue weighted by molar-refractivity contribution is -0.118. The molecule has 1 aromatic heterocycles. The fraction of sp³-hybridized carbons (Fsp3) is 0.200. The molecule has 1 atom stereocenters. The molecule has 0 saturated heterocycles. The van der Waals surface area contributed by atoms with Crippen LogP contribution in [0.25, 0.3) is 10.8 Å². The highest BCUT2D eigenvalue weighted by Crippen LogP contribution is 2.37. The van der Waals surface area contributed by atoms with Crippen LogP contribution >= 0.6 is 0 Å².